The van der Waals surface area contributed by atoms with Crippen molar-refractivity contribution in [3.63, 3.8) is 0 Å². The highest BCUT2D eigenvalue weighted by molar-refractivity contribution is 7.17. The fraction of sp³-hybridized carbons (Fsp3) is 0.240. The van der Waals surface area contributed by atoms with Crippen LogP contribution in [-0.4, -0.2) is 56.1 Å². The van der Waals surface area contributed by atoms with Gasteiger partial charge in [0.15, 0.2) is 0 Å². The molecule has 2 aromatic carbocycles. The van der Waals surface area contributed by atoms with E-state index in [0.29, 0.717) is 23.7 Å². The zero-order chi connectivity index (χ0) is 27.9. The van der Waals surface area contributed by atoms with Crippen molar-refractivity contribution in [1.29, 1.82) is 0 Å². The second kappa shape index (κ2) is 12.8. The highest BCUT2D eigenvalue weighted by Crippen LogP contribution is 2.43. The van der Waals surface area contributed by atoms with Gasteiger partial charge in [0.25, 0.3) is 11.6 Å². The highest BCUT2D eigenvalue weighted by atomic mass is 35.5. The summed E-state index contributed by atoms with van der Waals surface area (Å²) in [7, 11) is 6.64. The minimum Gasteiger partial charge on any atom is -0.490 e. The third-order valence-corrected chi connectivity index (χ3v) is 5.64. The lowest BCUT2D eigenvalue weighted by Gasteiger charge is -2.19. The molecule has 0 saturated carbocycles. The number of halogens is 3. The van der Waals surface area contributed by atoms with Gasteiger partial charge in [-0.2, -0.15) is 8.78 Å². The van der Waals surface area contributed by atoms with Gasteiger partial charge in [0, 0.05) is 43.2 Å². The Labute approximate surface area is 226 Å². The van der Waals surface area contributed by atoms with Gasteiger partial charge < -0.3 is 30.3 Å². The molecule has 0 spiro atoms. The van der Waals surface area contributed by atoms with Crippen LogP contribution in [0.15, 0.2) is 54.7 Å². The van der Waals surface area contributed by atoms with Crippen LogP contribution in [0.1, 0.15) is 16.1 Å². The van der Waals surface area contributed by atoms with Crippen molar-refractivity contribution in [1.82, 2.24) is 15.2 Å². The third-order valence-electron chi connectivity index (χ3n) is 5.01. The van der Waals surface area contributed by atoms with E-state index in [-0.39, 0.29) is 34.7 Å². The first-order valence-corrected chi connectivity index (χ1v) is 12.2. The second-order valence-electron chi connectivity index (χ2n) is 8.26. The summed E-state index contributed by atoms with van der Waals surface area (Å²) in [6, 6.07) is 11.2. The van der Waals surface area contributed by atoms with Gasteiger partial charge in [0.2, 0.25) is 0 Å². The molecule has 0 fully saturated rings. The average molecular weight is 566 g/mol. The van der Waals surface area contributed by atoms with Gasteiger partial charge in [0.1, 0.15) is 29.5 Å². The predicted octanol–water partition coefficient (Wildman–Crippen LogP) is 5.40. The van der Waals surface area contributed by atoms with Crippen LogP contribution < -0.4 is 25.4 Å². The molecule has 13 heteroatoms. The largest absolute Gasteiger partial charge is 0.490 e. The standard InChI is InChI=1S/C25H27ClF2N5O4P/c1-29-23(34)21-12-17(8-9-30-21)37-16-6-4-15(5-7-16)31-24(35)32-20-13-18(25(27,28)38)19(26)14-22(20)36-11-10-33(2)3/h4-9,12-14H,10-11,38H2,1-3H3,(H,29,34)(H2,31,32,35). The number of nitrogens with zero attached hydrogens (tertiary/aromatic N) is 2. The lowest BCUT2D eigenvalue weighted by Crippen LogP contribution is -2.22. The van der Waals surface area contributed by atoms with Crippen LogP contribution in [-0.2, 0) is 5.66 Å². The van der Waals surface area contributed by atoms with E-state index in [1.54, 1.807) is 30.3 Å². The monoisotopic (exact) mass is 565 g/mol. The normalized spacial score (nSPS) is 11.2. The van der Waals surface area contributed by atoms with Gasteiger partial charge in [-0.15, -0.1) is 0 Å². The van der Waals surface area contributed by atoms with Crippen molar-refractivity contribution in [3.8, 4) is 17.2 Å². The maximum absolute atomic E-state index is 14.0. The van der Waals surface area contributed by atoms with Gasteiger partial charge in [0.05, 0.1) is 10.7 Å². The van der Waals surface area contributed by atoms with Crippen molar-refractivity contribution in [2.75, 3.05) is 44.9 Å². The zero-order valence-corrected chi connectivity index (χ0v) is 22.8. The molecule has 1 atom stereocenters. The Hall–Kier alpha value is -3.53. The van der Waals surface area contributed by atoms with Crippen LogP contribution in [0.4, 0.5) is 25.0 Å². The molecular weight excluding hydrogens is 539 g/mol. The Morgan fingerprint density at radius 1 is 1.08 bits per heavy atom. The number of amides is 3. The number of likely N-dealkylation sites (N-methyl/N-ethyl adjacent to an activating group) is 1. The van der Waals surface area contributed by atoms with Crippen LogP contribution in [0.25, 0.3) is 0 Å². The van der Waals surface area contributed by atoms with E-state index < -0.39 is 17.3 Å². The number of anilines is 2. The van der Waals surface area contributed by atoms with Gasteiger partial charge in [-0.3, -0.25) is 9.78 Å². The molecule has 202 valence electrons. The molecule has 0 bridgehead atoms. The van der Waals surface area contributed by atoms with E-state index in [2.05, 4.69) is 20.9 Å². The molecule has 1 heterocycles. The Balaban J connectivity index is 1.70. The third kappa shape index (κ3) is 8.24. The van der Waals surface area contributed by atoms with E-state index >= 15 is 0 Å². The van der Waals surface area contributed by atoms with E-state index in [1.165, 1.54) is 34.6 Å². The lowest BCUT2D eigenvalue weighted by atomic mass is 10.2. The topological polar surface area (TPSA) is 105 Å². The van der Waals surface area contributed by atoms with Gasteiger partial charge in [-0.25, -0.2) is 4.79 Å². The number of urea groups is 1. The molecule has 3 N–H and O–H groups in total. The van der Waals surface area contributed by atoms with Crippen molar-refractivity contribution in [2.45, 2.75) is 5.66 Å². The van der Waals surface area contributed by atoms with Gasteiger partial charge in [-0.1, -0.05) is 20.8 Å². The minimum absolute atomic E-state index is 0.0346. The summed E-state index contributed by atoms with van der Waals surface area (Å²) in [5.41, 5.74) is -3.13. The average Bonchev–Trinajstić information content (AvgIpc) is 2.85. The summed E-state index contributed by atoms with van der Waals surface area (Å²) in [4.78, 5) is 30.3. The quantitative estimate of drug-likeness (QED) is 0.285. The molecule has 9 nitrogen and oxygen atoms in total. The van der Waals surface area contributed by atoms with Crippen LogP contribution in [0.2, 0.25) is 5.02 Å². The molecule has 3 amide bonds. The molecule has 0 aliphatic heterocycles. The number of ether oxygens (including phenoxy) is 2. The van der Waals surface area contributed by atoms with Crippen molar-refractivity contribution >= 4 is 44.2 Å². The first-order valence-electron chi connectivity index (χ1n) is 11.3. The van der Waals surface area contributed by atoms with Crippen molar-refractivity contribution < 1.29 is 27.8 Å². The van der Waals surface area contributed by atoms with E-state index in [0.717, 1.165) is 6.07 Å². The molecule has 0 radical (unpaired) electrons. The van der Waals surface area contributed by atoms with Crippen LogP contribution >= 0.6 is 20.8 Å². The van der Waals surface area contributed by atoms with Crippen molar-refractivity contribution in [2.24, 2.45) is 0 Å². The number of pyridine rings is 1. The molecule has 1 aromatic heterocycles. The first kappa shape index (κ1) is 29.0. The summed E-state index contributed by atoms with van der Waals surface area (Å²) >= 11 is 6.05. The fourth-order valence-corrected chi connectivity index (χ4v) is 3.73. The molecule has 38 heavy (non-hydrogen) atoms. The summed E-state index contributed by atoms with van der Waals surface area (Å²) in [5, 5.41) is 7.47. The smallest absolute Gasteiger partial charge is 0.323 e. The van der Waals surface area contributed by atoms with Gasteiger partial charge in [-0.05, 0) is 50.5 Å². The maximum Gasteiger partial charge on any atom is 0.323 e. The molecule has 3 aromatic rings. The second-order valence-corrected chi connectivity index (χ2v) is 9.40. The number of rotatable bonds is 10. The van der Waals surface area contributed by atoms with Gasteiger partial charge >= 0.3 is 6.03 Å². The summed E-state index contributed by atoms with van der Waals surface area (Å²) < 4.78 is 39.4. The van der Waals surface area contributed by atoms with Crippen LogP contribution in [0.5, 0.6) is 17.2 Å². The fourth-order valence-electron chi connectivity index (χ4n) is 3.12. The SMILES string of the molecule is CNC(=O)c1cc(Oc2ccc(NC(=O)Nc3cc(C(F)(F)P)c(Cl)cc3OCCN(C)C)cc2)ccn1. The van der Waals surface area contributed by atoms with E-state index in [4.69, 9.17) is 21.1 Å². The molecule has 0 aliphatic rings. The zero-order valence-electron chi connectivity index (χ0n) is 20.8. The van der Waals surface area contributed by atoms with Crippen molar-refractivity contribution in [3.05, 3.63) is 71.0 Å². The molecule has 0 aliphatic carbocycles. The Morgan fingerprint density at radius 3 is 2.42 bits per heavy atom. The number of hydrogen-bond donors (Lipinski definition) is 3. The summed E-state index contributed by atoms with van der Waals surface area (Å²) in [6.45, 7) is 0.811. The lowest BCUT2D eigenvalue weighted by molar-refractivity contribution is 0.0957. The summed E-state index contributed by atoms with van der Waals surface area (Å²) in [5.74, 6) is 0.665. The summed E-state index contributed by atoms with van der Waals surface area (Å²) in [6.07, 6.45) is 1.45. The molecule has 1 unspecified atom stereocenters. The van der Waals surface area contributed by atoms with Crippen LogP contribution in [0, 0.1) is 0 Å². The number of alkyl halides is 2. The molecular formula is C25H27ClF2N5O4P. The number of benzene rings is 2. The Morgan fingerprint density at radius 2 is 1.79 bits per heavy atom. The highest BCUT2D eigenvalue weighted by Gasteiger charge is 2.29. The predicted molar refractivity (Wildman–Crippen MR) is 146 cm³/mol. The number of carbonyl (C=O) groups is 2. The minimum atomic E-state index is -3.31. The van der Waals surface area contributed by atoms with E-state index in [9.17, 15) is 18.4 Å². The van der Waals surface area contributed by atoms with Crippen LogP contribution in [0.3, 0.4) is 0 Å². The number of aromatic nitrogens is 1. The molecule has 0 saturated heterocycles. The number of nitrogens with one attached hydrogen (secondary N) is 3. The number of carbonyl (C=O) groups excluding carboxylic acids is 2. The Kier molecular flexibility index (Phi) is 9.79. The number of hydrogen-bond acceptors (Lipinski definition) is 6. The first-order chi connectivity index (χ1) is 18.0. The molecule has 3 rings (SSSR count). The Bertz CT molecular complexity index is 1290. The maximum atomic E-state index is 14.0. The van der Waals surface area contributed by atoms with E-state index in [1.807, 2.05) is 19.0 Å².